The lowest BCUT2D eigenvalue weighted by Crippen LogP contribution is -2.43. The molecule has 2 aromatic rings. The molecule has 0 radical (unpaired) electrons. The standard InChI is InChI=1S/C20H21BrN2O4S/c1-13-6-7-16(15(21)10-13)22-18(24)12-27-20(26)14-4-2-8-23(11-14)19(25)17-5-3-9-28-17/h3,5-7,9-10,14H,2,4,8,11-12H2,1H3,(H,22,24). The first kappa shape index (κ1) is 20.5. The lowest BCUT2D eigenvalue weighted by atomic mass is 9.98. The number of hydrogen-bond donors (Lipinski definition) is 1. The number of carbonyl (C=O) groups excluding carboxylic acids is 3. The number of aryl methyl sites for hydroxylation is 1. The Morgan fingerprint density at radius 2 is 2.14 bits per heavy atom. The molecule has 3 rings (SSSR count). The van der Waals surface area contributed by atoms with Crippen molar-refractivity contribution in [3.05, 3.63) is 50.6 Å². The van der Waals surface area contributed by atoms with Gasteiger partial charge in [0.1, 0.15) is 0 Å². The van der Waals surface area contributed by atoms with Gasteiger partial charge in [-0.15, -0.1) is 11.3 Å². The Labute approximate surface area is 176 Å². The second kappa shape index (κ2) is 9.34. The molecule has 6 nitrogen and oxygen atoms in total. The van der Waals surface area contributed by atoms with E-state index in [0.29, 0.717) is 30.1 Å². The molecule has 28 heavy (non-hydrogen) atoms. The number of anilines is 1. The van der Waals surface area contributed by atoms with Crippen LogP contribution in [0, 0.1) is 12.8 Å². The van der Waals surface area contributed by atoms with E-state index in [2.05, 4.69) is 21.2 Å². The number of amides is 2. The summed E-state index contributed by atoms with van der Waals surface area (Å²) in [5, 5.41) is 4.57. The Kier molecular flexibility index (Phi) is 6.85. The highest BCUT2D eigenvalue weighted by molar-refractivity contribution is 9.10. The van der Waals surface area contributed by atoms with Crippen molar-refractivity contribution in [2.45, 2.75) is 19.8 Å². The number of esters is 1. The first-order chi connectivity index (χ1) is 13.4. The van der Waals surface area contributed by atoms with Crippen molar-refractivity contribution in [2.75, 3.05) is 25.0 Å². The summed E-state index contributed by atoms with van der Waals surface area (Å²) in [6.45, 7) is 2.55. The van der Waals surface area contributed by atoms with E-state index in [4.69, 9.17) is 4.74 Å². The van der Waals surface area contributed by atoms with Crippen molar-refractivity contribution >= 4 is 50.7 Å². The number of rotatable bonds is 5. The molecule has 2 amide bonds. The van der Waals surface area contributed by atoms with Crippen LogP contribution in [0.15, 0.2) is 40.2 Å². The Hall–Kier alpha value is -2.19. The third-order valence-corrected chi connectivity index (χ3v) is 6.03. The summed E-state index contributed by atoms with van der Waals surface area (Å²) in [7, 11) is 0. The fraction of sp³-hybridized carbons (Fsp3) is 0.350. The smallest absolute Gasteiger partial charge is 0.311 e. The predicted octanol–water partition coefficient (Wildman–Crippen LogP) is 3.85. The lowest BCUT2D eigenvalue weighted by Gasteiger charge is -2.31. The van der Waals surface area contributed by atoms with Crippen LogP contribution in [0.25, 0.3) is 0 Å². The van der Waals surface area contributed by atoms with Crippen LogP contribution in [0.1, 0.15) is 28.1 Å². The molecule has 0 aliphatic carbocycles. The van der Waals surface area contributed by atoms with Crippen LogP contribution in [0.2, 0.25) is 0 Å². The third-order valence-electron chi connectivity index (χ3n) is 4.52. The van der Waals surface area contributed by atoms with Crippen molar-refractivity contribution in [1.29, 1.82) is 0 Å². The summed E-state index contributed by atoms with van der Waals surface area (Å²) in [6.07, 6.45) is 1.39. The summed E-state index contributed by atoms with van der Waals surface area (Å²) >= 11 is 4.78. The third kappa shape index (κ3) is 5.20. The SMILES string of the molecule is Cc1ccc(NC(=O)COC(=O)C2CCCN(C(=O)c3cccs3)C2)c(Br)c1. The quantitative estimate of drug-likeness (QED) is 0.681. The average molecular weight is 465 g/mol. The predicted molar refractivity (Wildman–Crippen MR) is 111 cm³/mol. The maximum absolute atomic E-state index is 12.5. The van der Waals surface area contributed by atoms with E-state index in [9.17, 15) is 14.4 Å². The van der Waals surface area contributed by atoms with Gasteiger partial charge in [-0.3, -0.25) is 14.4 Å². The Balaban J connectivity index is 1.50. The highest BCUT2D eigenvalue weighted by atomic mass is 79.9. The van der Waals surface area contributed by atoms with E-state index in [1.54, 1.807) is 17.0 Å². The van der Waals surface area contributed by atoms with Crippen LogP contribution in [0.5, 0.6) is 0 Å². The number of benzene rings is 1. The van der Waals surface area contributed by atoms with Gasteiger partial charge in [0, 0.05) is 17.6 Å². The van der Waals surface area contributed by atoms with Crippen LogP contribution in [0.3, 0.4) is 0 Å². The topological polar surface area (TPSA) is 75.7 Å². The first-order valence-corrected chi connectivity index (χ1v) is 10.7. The lowest BCUT2D eigenvalue weighted by molar-refractivity contribution is -0.152. The van der Waals surface area contributed by atoms with Gasteiger partial charge >= 0.3 is 5.97 Å². The van der Waals surface area contributed by atoms with Crippen molar-refractivity contribution in [1.82, 2.24) is 4.90 Å². The van der Waals surface area contributed by atoms with Crippen LogP contribution in [-0.2, 0) is 14.3 Å². The monoisotopic (exact) mass is 464 g/mol. The van der Waals surface area contributed by atoms with Gasteiger partial charge in [-0.2, -0.15) is 0 Å². The van der Waals surface area contributed by atoms with Gasteiger partial charge in [-0.1, -0.05) is 12.1 Å². The number of nitrogens with one attached hydrogen (secondary N) is 1. The molecule has 148 valence electrons. The zero-order chi connectivity index (χ0) is 20.1. The van der Waals surface area contributed by atoms with Crippen molar-refractivity contribution in [3.63, 3.8) is 0 Å². The van der Waals surface area contributed by atoms with E-state index < -0.39 is 17.8 Å². The van der Waals surface area contributed by atoms with E-state index >= 15 is 0 Å². The number of thiophene rings is 1. The molecular weight excluding hydrogens is 444 g/mol. The molecule has 1 atom stereocenters. The summed E-state index contributed by atoms with van der Waals surface area (Å²) in [4.78, 5) is 39.3. The summed E-state index contributed by atoms with van der Waals surface area (Å²) in [6, 6.07) is 9.17. The summed E-state index contributed by atoms with van der Waals surface area (Å²) in [5.41, 5.74) is 1.69. The normalized spacial score (nSPS) is 16.5. The fourth-order valence-corrected chi connectivity index (χ4v) is 4.36. The van der Waals surface area contributed by atoms with Crippen LogP contribution in [-0.4, -0.2) is 42.4 Å². The number of carbonyl (C=O) groups is 3. The zero-order valence-corrected chi connectivity index (χ0v) is 17.8. The fourth-order valence-electron chi connectivity index (χ4n) is 3.07. The first-order valence-electron chi connectivity index (χ1n) is 8.99. The van der Waals surface area contributed by atoms with Gasteiger partial charge in [-0.05, 0) is 64.8 Å². The Bertz CT molecular complexity index is 869. The van der Waals surface area contributed by atoms with Crippen molar-refractivity contribution in [3.8, 4) is 0 Å². The van der Waals surface area contributed by atoms with Crippen LogP contribution >= 0.6 is 27.3 Å². The van der Waals surface area contributed by atoms with E-state index in [0.717, 1.165) is 16.5 Å². The van der Waals surface area contributed by atoms with Gasteiger partial charge in [0.25, 0.3) is 11.8 Å². The van der Waals surface area contributed by atoms with E-state index in [1.165, 1.54) is 11.3 Å². The minimum atomic E-state index is -0.443. The maximum Gasteiger partial charge on any atom is 0.311 e. The molecule has 0 spiro atoms. The largest absolute Gasteiger partial charge is 0.455 e. The van der Waals surface area contributed by atoms with Gasteiger partial charge < -0.3 is 15.0 Å². The molecule has 1 aliphatic heterocycles. The Morgan fingerprint density at radius 3 is 2.86 bits per heavy atom. The minimum absolute atomic E-state index is 0.0607. The van der Waals surface area contributed by atoms with Crippen LogP contribution < -0.4 is 5.32 Å². The number of ether oxygens (including phenoxy) is 1. The molecule has 1 aromatic carbocycles. The van der Waals surface area contributed by atoms with Gasteiger partial charge in [0.15, 0.2) is 6.61 Å². The number of piperidine rings is 1. The highest BCUT2D eigenvalue weighted by Crippen LogP contribution is 2.24. The number of nitrogens with zero attached hydrogens (tertiary/aromatic N) is 1. The number of likely N-dealkylation sites (tertiary alicyclic amines) is 1. The maximum atomic E-state index is 12.5. The Morgan fingerprint density at radius 1 is 1.32 bits per heavy atom. The second-order valence-corrected chi connectivity index (χ2v) is 8.51. The van der Waals surface area contributed by atoms with Gasteiger partial charge in [0.05, 0.1) is 16.5 Å². The van der Waals surface area contributed by atoms with Crippen LogP contribution in [0.4, 0.5) is 5.69 Å². The second-order valence-electron chi connectivity index (χ2n) is 6.71. The van der Waals surface area contributed by atoms with Gasteiger partial charge in [0.2, 0.25) is 0 Å². The number of hydrogen-bond acceptors (Lipinski definition) is 5. The molecule has 2 heterocycles. The average Bonchev–Trinajstić information content (AvgIpc) is 3.22. The van der Waals surface area contributed by atoms with E-state index in [-0.39, 0.29) is 12.5 Å². The van der Waals surface area contributed by atoms with Gasteiger partial charge in [-0.25, -0.2) is 0 Å². The molecule has 8 heteroatoms. The summed E-state index contributed by atoms with van der Waals surface area (Å²) in [5.74, 6) is -1.31. The van der Waals surface area contributed by atoms with E-state index in [1.807, 2.05) is 30.5 Å². The molecule has 1 saturated heterocycles. The molecule has 0 bridgehead atoms. The molecule has 1 N–H and O–H groups in total. The van der Waals surface area contributed by atoms with Crippen molar-refractivity contribution in [2.24, 2.45) is 5.92 Å². The molecule has 1 unspecified atom stereocenters. The number of halogens is 1. The molecular formula is C20H21BrN2O4S. The molecule has 1 aromatic heterocycles. The molecule has 1 aliphatic rings. The minimum Gasteiger partial charge on any atom is -0.455 e. The molecule has 1 fully saturated rings. The highest BCUT2D eigenvalue weighted by Gasteiger charge is 2.30. The van der Waals surface area contributed by atoms with Crippen molar-refractivity contribution < 1.29 is 19.1 Å². The molecule has 0 saturated carbocycles. The summed E-state index contributed by atoms with van der Waals surface area (Å²) < 4.78 is 5.96. The zero-order valence-electron chi connectivity index (χ0n) is 15.4.